The number of hydrogen-bond acceptors (Lipinski definition) is 4. The van der Waals surface area contributed by atoms with E-state index in [2.05, 4.69) is 11.4 Å². The molecule has 0 aliphatic rings. The summed E-state index contributed by atoms with van der Waals surface area (Å²) in [5.41, 5.74) is 0. The average Bonchev–Trinajstić information content (AvgIpc) is 2.29. The van der Waals surface area contributed by atoms with Gasteiger partial charge in [0, 0.05) is 0 Å². The van der Waals surface area contributed by atoms with Crippen LogP contribution in [0, 0.1) is 0 Å². The predicted molar refractivity (Wildman–Crippen MR) is 70.0 cm³/mol. The van der Waals surface area contributed by atoms with Gasteiger partial charge in [0.2, 0.25) is 0 Å². The van der Waals surface area contributed by atoms with Crippen molar-refractivity contribution in [1.29, 1.82) is 0 Å². The number of rotatable bonds is 13. The second kappa shape index (κ2) is 15.0. The molecule has 0 saturated heterocycles. The Kier molecular flexibility index (Phi) is 17.3. The quantitative estimate of drug-likeness (QED) is 0.382. The van der Waals surface area contributed by atoms with Crippen LogP contribution in [0.3, 0.4) is 0 Å². The van der Waals surface area contributed by atoms with Gasteiger partial charge in [-0.1, -0.05) is 71.1 Å². The Hall–Kier alpha value is 0.616. The molecule has 0 aromatic carbocycles. The van der Waals surface area contributed by atoms with E-state index in [1.165, 1.54) is 51.4 Å². The number of phosphoric ester groups is 1. The van der Waals surface area contributed by atoms with E-state index in [4.69, 9.17) is 0 Å². The molecule has 0 bridgehead atoms. The smallest absolute Gasteiger partial charge is 0.790 e. The Morgan fingerprint density at radius 2 is 1.16 bits per heavy atom. The standard InChI is InChI=1S/C13H29O4P.Co/c1-2-3-4-5-6-7-8-9-10-11-12-13-17-18(14,15)16;/h2-13H2,1H3,(H2,14,15,16);/q;+2/p-2. The van der Waals surface area contributed by atoms with Crippen molar-refractivity contribution in [3.63, 3.8) is 0 Å². The van der Waals surface area contributed by atoms with Crippen LogP contribution < -0.4 is 9.79 Å². The molecular formula is C13H27CoO4P. The zero-order valence-electron chi connectivity index (χ0n) is 11.9. The molecule has 0 aromatic heterocycles. The zero-order chi connectivity index (χ0) is 13.7. The third-order valence-electron chi connectivity index (χ3n) is 3.00. The minimum Gasteiger partial charge on any atom is -0.790 e. The van der Waals surface area contributed by atoms with Crippen molar-refractivity contribution >= 4 is 7.82 Å². The van der Waals surface area contributed by atoms with Crippen LogP contribution in [0.25, 0.3) is 0 Å². The molecule has 4 nitrogen and oxygen atoms in total. The largest absolute Gasteiger partial charge is 2.00 e. The van der Waals surface area contributed by atoms with Crippen LogP contribution in [-0.4, -0.2) is 6.61 Å². The van der Waals surface area contributed by atoms with Gasteiger partial charge in [0.25, 0.3) is 0 Å². The maximum atomic E-state index is 10.2. The van der Waals surface area contributed by atoms with Gasteiger partial charge in [0.15, 0.2) is 0 Å². The summed E-state index contributed by atoms with van der Waals surface area (Å²) in [5, 5.41) is 0. The Bertz CT molecular complexity index is 221. The third kappa shape index (κ3) is 21.1. The minimum absolute atomic E-state index is 0. The Morgan fingerprint density at radius 1 is 0.789 bits per heavy atom. The van der Waals surface area contributed by atoms with E-state index in [-0.39, 0.29) is 23.4 Å². The van der Waals surface area contributed by atoms with E-state index in [1.807, 2.05) is 0 Å². The van der Waals surface area contributed by atoms with E-state index in [0.29, 0.717) is 6.42 Å². The van der Waals surface area contributed by atoms with E-state index in [0.717, 1.165) is 12.8 Å². The van der Waals surface area contributed by atoms with Crippen molar-refractivity contribution in [3.05, 3.63) is 0 Å². The topological polar surface area (TPSA) is 72.4 Å². The fourth-order valence-corrected chi connectivity index (χ4v) is 2.30. The molecule has 0 saturated carbocycles. The van der Waals surface area contributed by atoms with Crippen LogP contribution in [0.15, 0.2) is 0 Å². The van der Waals surface area contributed by atoms with Gasteiger partial charge in [-0.05, 0) is 6.42 Å². The van der Waals surface area contributed by atoms with Gasteiger partial charge in [0.05, 0.1) is 14.4 Å². The molecule has 6 heteroatoms. The molecule has 0 aliphatic heterocycles. The van der Waals surface area contributed by atoms with Gasteiger partial charge in [0.1, 0.15) is 0 Å². The van der Waals surface area contributed by atoms with Crippen molar-refractivity contribution in [3.8, 4) is 0 Å². The Morgan fingerprint density at radius 3 is 1.53 bits per heavy atom. The molecule has 0 rings (SSSR count). The SMILES string of the molecule is CCCCCCCCCCCCCOP(=O)([O-])[O-].[Co+2]. The van der Waals surface area contributed by atoms with E-state index < -0.39 is 7.82 Å². The van der Waals surface area contributed by atoms with Gasteiger partial charge in [-0.25, -0.2) is 0 Å². The Balaban J connectivity index is 0. The number of unbranched alkanes of at least 4 members (excludes halogenated alkanes) is 10. The zero-order valence-corrected chi connectivity index (χ0v) is 13.8. The predicted octanol–water partition coefficient (Wildman–Crippen LogP) is 3.14. The molecule has 19 heavy (non-hydrogen) atoms. The summed E-state index contributed by atoms with van der Waals surface area (Å²) >= 11 is 0. The van der Waals surface area contributed by atoms with Crippen LogP contribution in [0.2, 0.25) is 0 Å². The summed E-state index contributed by atoms with van der Waals surface area (Å²) in [6, 6.07) is 0. The second-order valence-corrected chi connectivity index (χ2v) is 5.97. The molecule has 0 N–H and O–H groups in total. The number of hydrogen-bond donors (Lipinski definition) is 0. The molecule has 0 fully saturated rings. The van der Waals surface area contributed by atoms with Crippen LogP contribution in [0.5, 0.6) is 0 Å². The summed E-state index contributed by atoms with van der Waals surface area (Å²) < 4.78 is 14.3. The van der Waals surface area contributed by atoms with Crippen molar-refractivity contribution in [1.82, 2.24) is 0 Å². The fourth-order valence-electron chi connectivity index (χ4n) is 1.94. The van der Waals surface area contributed by atoms with E-state index in [1.54, 1.807) is 0 Å². The summed E-state index contributed by atoms with van der Waals surface area (Å²) in [5.74, 6) is 0. The third-order valence-corrected chi connectivity index (χ3v) is 3.50. The molecule has 0 spiro atoms. The molecule has 0 heterocycles. The van der Waals surface area contributed by atoms with Crippen molar-refractivity contribution < 1.29 is 35.7 Å². The summed E-state index contributed by atoms with van der Waals surface area (Å²) in [6.45, 7) is 2.27. The van der Waals surface area contributed by atoms with Crippen molar-refractivity contribution in [2.45, 2.75) is 77.6 Å². The van der Waals surface area contributed by atoms with Crippen molar-refractivity contribution in [2.24, 2.45) is 0 Å². The fraction of sp³-hybridized carbons (Fsp3) is 1.00. The molecule has 117 valence electrons. The Labute approximate surface area is 128 Å². The van der Waals surface area contributed by atoms with Gasteiger partial charge < -0.3 is 18.9 Å². The van der Waals surface area contributed by atoms with Crippen molar-refractivity contribution in [2.75, 3.05) is 6.61 Å². The first-order chi connectivity index (χ1) is 8.56. The minimum atomic E-state index is -4.75. The molecule has 1 radical (unpaired) electrons. The van der Waals surface area contributed by atoms with Gasteiger partial charge in [-0.15, -0.1) is 0 Å². The van der Waals surface area contributed by atoms with Crippen LogP contribution in [-0.2, 0) is 25.9 Å². The van der Waals surface area contributed by atoms with E-state index in [9.17, 15) is 14.4 Å². The van der Waals surface area contributed by atoms with Crippen LogP contribution in [0.4, 0.5) is 0 Å². The summed E-state index contributed by atoms with van der Waals surface area (Å²) in [4.78, 5) is 20.3. The molecule has 0 aromatic rings. The first-order valence-corrected chi connectivity index (χ1v) is 8.69. The maximum absolute atomic E-state index is 10.2. The first kappa shape index (κ1) is 21.9. The van der Waals surface area contributed by atoms with Crippen LogP contribution in [0.1, 0.15) is 77.6 Å². The van der Waals surface area contributed by atoms with Crippen LogP contribution >= 0.6 is 7.82 Å². The molecule has 0 aliphatic carbocycles. The first-order valence-electron chi connectivity index (χ1n) is 7.23. The van der Waals surface area contributed by atoms with Gasteiger partial charge in [-0.2, -0.15) is 0 Å². The van der Waals surface area contributed by atoms with Gasteiger partial charge >= 0.3 is 16.8 Å². The maximum Gasteiger partial charge on any atom is 2.00 e. The number of phosphoric acid groups is 1. The monoisotopic (exact) mass is 337 g/mol. The molecule has 0 unspecified atom stereocenters. The van der Waals surface area contributed by atoms with E-state index >= 15 is 0 Å². The summed E-state index contributed by atoms with van der Waals surface area (Å²) in [6.07, 6.45) is 13.1. The normalized spacial score (nSPS) is 11.3. The summed E-state index contributed by atoms with van der Waals surface area (Å²) in [7, 11) is -4.75. The molecular weight excluding hydrogens is 310 g/mol. The van der Waals surface area contributed by atoms with Gasteiger partial charge in [-0.3, -0.25) is 0 Å². The molecule has 0 amide bonds. The molecule has 0 atom stereocenters. The average molecular weight is 337 g/mol. The second-order valence-electron chi connectivity index (χ2n) is 4.82.